The van der Waals surface area contributed by atoms with E-state index < -0.39 is 24.5 Å². The zero-order chi connectivity index (χ0) is 20.7. The van der Waals surface area contributed by atoms with Crippen molar-refractivity contribution in [2.24, 2.45) is 7.05 Å². The van der Waals surface area contributed by atoms with Gasteiger partial charge in [-0.1, -0.05) is 24.6 Å². The number of aliphatic hydroxyl groups excluding tert-OH is 2. The number of anilines is 1. The normalized spacial score (nSPS) is 27.3. The summed E-state index contributed by atoms with van der Waals surface area (Å²) in [5.41, 5.74) is 1.21. The molecule has 10 nitrogen and oxygen atoms in total. The van der Waals surface area contributed by atoms with E-state index in [0.717, 1.165) is 18.0 Å². The maximum Gasteiger partial charge on any atom is 0.167 e. The topological polar surface area (TPSA) is 123 Å². The van der Waals surface area contributed by atoms with Crippen molar-refractivity contribution in [2.45, 2.75) is 61.4 Å². The Balaban J connectivity index is 1.35. The summed E-state index contributed by atoms with van der Waals surface area (Å²) in [4.78, 5) is 17.5. The largest absolute Gasteiger partial charge is 0.387 e. The van der Waals surface area contributed by atoms with Gasteiger partial charge in [-0.05, 0) is 12.8 Å². The molecule has 2 aliphatic rings. The minimum absolute atomic E-state index is 0.399. The van der Waals surface area contributed by atoms with E-state index in [9.17, 15) is 10.2 Å². The fraction of sp³-hybridized carbons (Fsp3) is 0.579. The molecule has 1 saturated carbocycles. The number of aromatic nitrogens is 6. The van der Waals surface area contributed by atoms with Crippen molar-refractivity contribution in [2.75, 3.05) is 11.1 Å². The highest BCUT2D eigenvalue weighted by Gasteiger charge is 2.44. The number of hydrogen-bond acceptors (Lipinski definition) is 9. The fourth-order valence-corrected chi connectivity index (χ4v) is 5.14. The summed E-state index contributed by atoms with van der Waals surface area (Å²) in [6.07, 6.45) is 7.94. The van der Waals surface area contributed by atoms with Crippen LogP contribution in [0.15, 0.2) is 30.2 Å². The van der Waals surface area contributed by atoms with Gasteiger partial charge in [-0.2, -0.15) is 0 Å². The summed E-state index contributed by atoms with van der Waals surface area (Å²) in [5, 5.41) is 25.5. The Morgan fingerprint density at radius 2 is 2.00 bits per heavy atom. The number of fused-ring (bicyclic) bond motifs is 1. The number of nitrogens with one attached hydrogen (secondary N) is 1. The number of aliphatic hydroxyl groups is 2. The van der Waals surface area contributed by atoms with Crippen LogP contribution in [0.25, 0.3) is 11.2 Å². The van der Waals surface area contributed by atoms with Crippen LogP contribution in [0.3, 0.4) is 0 Å². The molecule has 11 heteroatoms. The smallest absolute Gasteiger partial charge is 0.167 e. The summed E-state index contributed by atoms with van der Waals surface area (Å²) in [5.74, 6) is 1.16. The first-order valence-electron chi connectivity index (χ1n) is 10.2. The second kappa shape index (κ2) is 8.14. The highest BCUT2D eigenvalue weighted by molar-refractivity contribution is 7.99. The Bertz CT molecular complexity index is 1020. The van der Waals surface area contributed by atoms with Crippen LogP contribution in [0.2, 0.25) is 0 Å². The van der Waals surface area contributed by atoms with Crippen molar-refractivity contribution < 1.29 is 14.9 Å². The molecule has 3 aromatic heterocycles. The fourth-order valence-electron chi connectivity index (χ4n) is 4.15. The number of nitrogens with zero attached hydrogens (tertiary/aromatic N) is 6. The van der Waals surface area contributed by atoms with Gasteiger partial charge >= 0.3 is 0 Å². The van der Waals surface area contributed by atoms with E-state index in [0.29, 0.717) is 28.8 Å². The van der Waals surface area contributed by atoms with Crippen LogP contribution < -0.4 is 5.32 Å². The van der Waals surface area contributed by atoms with Gasteiger partial charge in [-0.25, -0.2) is 19.9 Å². The highest BCUT2D eigenvalue weighted by atomic mass is 32.2. The number of ether oxygens (including phenoxy) is 1. The molecule has 0 radical (unpaired) electrons. The van der Waals surface area contributed by atoms with Crippen molar-refractivity contribution >= 4 is 28.7 Å². The van der Waals surface area contributed by atoms with Crippen molar-refractivity contribution in [3.8, 4) is 0 Å². The molecule has 3 aromatic rings. The minimum atomic E-state index is -1.09. The molecule has 4 heterocycles. The lowest BCUT2D eigenvalue weighted by Gasteiger charge is -2.17. The molecule has 0 bridgehead atoms. The molecule has 0 aromatic carbocycles. The van der Waals surface area contributed by atoms with Crippen LogP contribution in [0.1, 0.15) is 31.9 Å². The molecular weight excluding hydrogens is 406 g/mol. The lowest BCUT2D eigenvalue weighted by molar-refractivity contribution is -0.0289. The summed E-state index contributed by atoms with van der Waals surface area (Å²) in [6, 6.07) is 0.399. The molecule has 2 fully saturated rings. The number of hydrogen-bond donors (Lipinski definition) is 3. The van der Waals surface area contributed by atoms with E-state index in [2.05, 4.69) is 25.3 Å². The van der Waals surface area contributed by atoms with Crippen LogP contribution in [-0.4, -0.2) is 69.4 Å². The lowest BCUT2D eigenvalue weighted by Crippen LogP contribution is -2.32. The summed E-state index contributed by atoms with van der Waals surface area (Å²) in [6.45, 7) is 0. The summed E-state index contributed by atoms with van der Waals surface area (Å²) >= 11 is 1.48. The number of rotatable bonds is 6. The van der Waals surface area contributed by atoms with Gasteiger partial charge in [0.2, 0.25) is 0 Å². The first-order valence-corrected chi connectivity index (χ1v) is 11.2. The maximum absolute atomic E-state index is 10.7. The van der Waals surface area contributed by atoms with Crippen molar-refractivity contribution in [3.05, 3.63) is 25.0 Å². The van der Waals surface area contributed by atoms with Crippen molar-refractivity contribution in [1.29, 1.82) is 0 Å². The second-order valence-electron chi connectivity index (χ2n) is 7.85. The Kier molecular flexibility index (Phi) is 5.35. The minimum Gasteiger partial charge on any atom is -0.387 e. The Morgan fingerprint density at radius 1 is 1.17 bits per heavy atom. The monoisotopic (exact) mass is 431 g/mol. The van der Waals surface area contributed by atoms with Crippen LogP contribution in [0.5, 0.6) is 0 Å². The summed E-state index contributed by atoms with van der Waals surface area (Å²) < 4.78 is 9.61. The van der Waals surface area contributed by atoms with Gasteiger partial charge in [0.1, 0.15) is 18.5 Å². The van der Waals surface area contributed by atoms with Gasteiger partial charge in [-0.3, -0.25) is 4.57 Å². The van der Waals surface area contributed by atoms with Crippen molar-refractivity contribution in [3.63, 3.8) is 0 Å². The third-order valence-corrected chi connectivity index (χ3v) is 6.97. The van der Waals surface area contributed by atoms with Gasteiger partial charge in [0, 0.05) is 31.2 Å². The Hall–Kier alpha value is -2.21. The van der Waals surface area contributed by atoms with Gasteiger partial charge in [0.25, 0.3) is 0 Å². The van der Waals surface area contributed by atoms with E-state index in [-0.39, 0.29) is 0 Å². The molecule has 1 aliphatic carbocycles. The molecule has 0 amide bonds. The summed E-state index contributed by atoms with van der Waals surface area (Å²) in [7, 11) is 1.91. The average Bonchev–Trinajstić information content (AvgIpc) is 3.52. The zero-order valence-corrected chi connectivity index (χ0v) is 17.4. The van der Waals surface area contributed by atoms with Gasteiger partial charge in [0.05, 0.1) is 12.4 Å². The van der Waals surface area contributed by atoms with Crippen LogP contribution in [0.4, 0.5) is 5.82 Å². The predicted octanol–water partition coefficient (Wildman–Crippen LogP) is 1.33. The molecule has 3 N–H and O–H groups in total. The molecule has 30 heavy (non-hydrogen) atoms. The Labute approximate surface area is 177 Å². The molecule has 4 atom stereocenters. The molecule has 0 spiro atoms. The van der Waals surface area contributed by atoms with Crippen LogP contribution in [-0.2, 0) is 11.8 Å². The highest BCUT2D eigenvalue weighted by Crippen LogP contribution is 2.34. The van der Waals surface area contributed by atoms with Crippen LogP contribution in [0, 0.1) is 0 Å². The van der Waals surface area contributed by atoms with Gasteiger partial charge in [-0.15, -0.1) is 0 Å². The van der Waals surface area contributed by atoms with Crippen LogP contribution >= 0.6 is 11.8 Å². The molecule has 1 saturated heterocycles. The molecule has 5 rings (SSSR count). The second-order valence-corrected chi connectivity index (χ2v) is 8.84. The van der Waals surface area contributed by atoms with E-state index in [1.165, 1.54) is 30.9 Å². The van der Waals surface area contributed by atoms with E-state index in [4.69, 9.17) is 4.74 Å². The van der Waals surface area contributed by atoms with Gasteiger partial charge < -0.3 is 24.8 Å². The van der Waals surface area contributed by atoms with Gasteiger partial charge in [0.15, 0.2) is 28.4 Å². The van der Waals surface area contributed by atoms with Crippen molar-refractivity contribution in [1.82, 2.24) is 29.1 Å². The number of aryl methyl sites for hydroxylation is 1. The average molecular weight is 432 g/mol. The third-order valence-electron chi connectivity index (χ3n) is 5.82. The standard InChI is InChI=1S/C19H25N7O3S/c1-25-7-6-20-19(25)30-8-12-14(27)15(28)18(29-12)26-10-23-13-16(21-9-22-17(13)26)24-11-4-2-3-5-11/h6-7,9-12,14-15,18,27-28H,2-5,8H2,1H3,(H,21,22,24)/t12-,14-,15-,18?/m1/s1. The van der Waals surface area contributed by atoms with E-state index in [1.807, 2.05) is 17.8 Å². The molecule has 1 aliphatic heterocycles. The van der Waals surface area contributed by atoms with E-state index >= 15 is 0 Å². The molecule has 160 valence electrons. The predicted molar refractivity (Wildman–Crippen MR) is 111 cm³/mol. The zero-order valence-electron chi connectivity index (χ0n) is 16.6. The number of imidazole rings is 2. The maximum atomic E-state index is 10.7. The molecular formula is C19H25N7O3S. The SMILES string of the molecule is Cn1ccnc1SC[C@H]1OC(n2cnc3c(NC4CCCC4)ncnc32)[C@H](O)[C@@H]1O. The molecule has 1 unspecified atom stereocenters. The number of thioether (sulfide) groups is 1. The Morgan fingerprint density at radius 3 is 2.77 bits per heavy atom. The lowest BCUT2D eigenvalue weighted by atomic mass is 10.1. The van der Waals surface area contributed by atoms with E-state index in [1.54, 1.807) is 17.1 Å². The first kappa shape index (κ1) is 19.7. The third kappa shape index (κ3) is 3.55. The first-order chi connectivity index (χ1) is 14.6. The quantitative estimate of drug-likeness (QED) is 0.496.